The van der Waals surface area contributed by atoms with Crippen molar-refractivity contribution in [3.8, 4) is 0 Å². The molecule has 0 unspecified atom stereocenters. The molecule has 0 spiro atoms. The Morgan fingerprint density at radius 1 is 1.79 bits per heavy atom. The molecule has 1 aromatic heterocycles. The van der Waals surface area contributed by atoms with E-state index in [2.05, 4.69) is 10.3 Å². The third-order valence-corrected chi connectivity index (χ3v) is 2.66. The van der Waals surface area contributed by atoms with E-state index in [0.717, 1.165) is 12.1 Å². The molecule has 0 aliphatic rings. The van der Waals surface area contributed by atoms with Crippen molar-refractivity contribution in [2.75, 3.05) is 5.32 Å². The molecule has 0 bridgehead atoms. The predicted molar refractivity (Wildman–Crippen MR) is 58.4 cm³/mol. The minimum atomic E-state index is -0.427. The van der Waals surface area contributed by atoms with Crippen molar-refractivity contribution in [2.45, 2.75) is 32.7 Å². The summed E-state index contributed by atoms with van der Waals surface area (Å²) >= 11 is 1.41. The summed E-state index contributed by atoms with van der Waals surface area (Å²) in [6.07, 6.45) is 1.61. The number of carbonyl (C=O) groups excluding carboxylic acids is 1. The van der Waals surface area contributed by atoms with E-state index in [9.17, 15) is 4.79 Å². The molecule has 0 aliphatic heterocycles. The largest absolute Gasteiger partial charge is 0.320 e. The number of nitrogens with zero attached hydrogens (tertiary/aromatic N) is 1. The second-order valence-electron chi connectivity index (χ2n) is 3.18. The van der Waals surface area contributed by atoms with E-state index in [-0.39, 0.29) is 5.91 Å². The fourth-order valence-corrected chi connectivity index (χ4v) is 1.74. The zero-order valence-electron chi connectivity index (χ0n) is 8.41. The van der Waals surface area contributed by atoms with Crippen molar-refractivity contribution in [3.05, 3.63) is 11.1 Å². The summed E-state index contributed by atoms with van der Waals surface area (Å²) in [4.78, 5) is 15.6. The van der Waals surface area contributed by atoms with Gasteiger partial charge in [-0.05, 0) is 13.3 Å². The van der Waals surface area contributed by atoms with Gasteiger partial charge in [-0.3, -0.25) is 4.79 Å². The highest BCUT2D eigenvalue weighted by atomic mass is 32.1. The smallest absolute Gasteiger partial charge is 0.243 e. The first-order valence-electron chi connectivity index (χ1n) is 4.62. The molecule has 14 heavy (non-hydrogen) atoms. The Bertz CT molecular complexity index is 311. The van der Waals surface area contributed by atoms with E-state index in [4.69, 9.17) is 5.73 Å². The van der Waals surface area contributed by atoms with E-state index < -0.39 is 6.04 Å². The van der Waals surface area contributed by atoms with E-state index in [1.807, 2.05) is 19.2 Å². The molecule has 5 heteroatoms. The van der Waals surface area contributed by atoms with E-state index in [1.54, 1.807) is 0 Å². The number of aryl methyl sites for hydroxylation is 1. The highest BCUT2D eigenvalue weighted by molar-refractivity contribution is 7.13. The van der Waals surface area contributed by atoms with Gasteiger partial charge in [0.1, 0.15) is 0 Å². The van der Waals surface area contributed by atoms with Gasteiger partial charge in [0.05, 0.1) is 11.7 Å². The van der Waals surface area contributed by atoms with Gasteiger partial charge < -0.3 is 11.1 Å². The van der Waals surface area contributed by atoms with Gasteiger partial charge in [0.25, 0.3) is 0 Å². The summed E-state index contributed by atoms with van der Waals surface area (Å²) < 4.78 is 0. The van der Waals surface area contributed by atoms with Crippen molar-refractivity contribution in [1.82, 2.24) is 4.98 Å². The molecule has 4 nitrogen and oxygen atoms in total. The summed E-state index contributed by atoms with van der Waals surface area (Å²) in [7, 11) is 0. The highest BCUT2D eigenvalue weighted by Gasteiger charge is 2.13. The number of rotatable bonds is 4. The summed E-state index contributed by atoms with van der Waals surface area (Å²) in [5, 5.41) is 5.20. The monoisotopic (exact) mass is 213 g/mol. The van der Waals surface area contributed by atoms with Gasteiger partial charge >= 0.3 is 0 Å². The van der Waals surface area contributed by atoms with Gasteiger partial charge in [0, 0.05) is 5.38 Å². The van der Waals surface area contributed by atoms with Crippen molar-refractivity contribution < 1.29 is 4.79 Å². The van der Waals surface area contributed by atoms with E-state index >= 15 is 0 Å². The Morgan fingerprint density at radius 3 is 3.00 bits per heavy atom. The van der Waals surface area contributed by atoms with Crippen LogP contribution in [0.3, 0.4) is 0 Å². The molecule has 0 aromatic carbocycles. The number of hydrogen-bond donors (Lipinski definition) is 2. The van der Waals surface area contributed by atoms with Crippen molar-refractivity contribution in [2.24, 2.45) is 5.73 Å². The molecule has 3 N–H and O–H groups in total. The fourth-order valence-electron chi connectivity index (χ4n) is 1.05. The minimum absolute atomic E-state index is 0.152. The van der Waals surface area contributed by atoms with Crippen LogP contribution in [0.1, 0.15) is 25.5 Å². The number of hydrogen-bond acceptors (Lipinski definition) is 4. The lowest BCUT2D eigenvalue weighted by Gasteiger charge is -2.08. The zero-order valence-corrected chi connectivity index (χ0v) is 9.23. The van der Waals surface area contributed by atoms with Crippen LogP contribution in [0.15, 0.2) is 5.38 Å². The summed E-state index contributed by atoms with van der Waals surface area (Å²) in [5.74, 6) is -0.152. The first kappa shape index (κ1) is 11.1. The van der Waals surface area contributed by atoms with Crippen molar-refractivity contribution >= 4 is 22.4 Å². The number of carbonyl (C=O) groups is 1. The number of aromatic nitrogens is 1. The van der Waals surface area contributed by atoms with Gasteiger partial charge in [-0.25, -0.2) is 4.98 Å². The summed E-state index contributed by atoms with van der Waals surface area (Å²) in [6, 6.07) is -0.427. The topological polar surface area (TPSA) is 68.0 Å². The molecule has 0 fully saturated rings. The maximum Gasteiger partial charge on any atom is 0.243 e. The van der Waals surface area contributed by atoms with Gasteiger partial charge in [0.2, 0.25) is 5.91 Å². The van der Waals surface area contributed by atoms with Crippen LogP contribution in [-0.2, 0) is 4.79 Å². The van der Waals surface area contributed by atoms with Gasteiger partial charge in [0.15, 0.2) is 5.13 Å². The average Bonchev–Trinajstić information content (AvgIpc) is 2.51. The Hall–Kier alpha value is -0.940. The molecule has 78 valence electrons. The van der Waals surface area contributed by atoms with Crippen LogP contribution in [-0.4, -0.2) is 16.9 Å². The second kappa shape index (κ2) is 5.07. The molecule has 0 saturated carbocycles. The molecule has 1 atom stereocenters. The first-order valence-corrected chi connectivity index (χ1v) is 5.50. The lowest BCUT2D eigenvalue weighted by molar-refractivity contribution is -0.117. The van der Waals surface area contributed by atoms with E-state index in [1.165, 1.54) is 11.3 Å². The Balaban J connectivity index is 2.48. The number of thiazole rings is 1. The maximum absolute atomic E-state index is 11.4. The molecule has 0 radical (unpaired) electrons. The van der Waals surface area contributed by atoms with Crippen LogP contribution in [0.25, 0.3) is 0 Å². The molecule has 0 saturated heterocycles. The van der Waals surface area contributed by atoms with Crippen LogP contribution in [0.4, 0.5) is 5.13 Å². The maximum atomic E-state index is 11.4. The number of nitrogens with one attached hydrogen (secondary N) is 1. The van der Waals surface area contributed by atoms with Crippen LogP contribution in [0, 0.1) is 6.92 Å². The highest BCUT2D eigenvalue weighted by Crippen LogP contribution is 2.14. The fraction of sp³-hybridized carbons (Fsp3) is 0.556. The molecule has 0 aliphatic carbocycles. The summed E-state index contributed by atoms with van der Waals surface area (Å²) in [6.45, 7) is 3.89. The zero-order chi connectivity index (χ0) is 10.6. The first-order chi connectivity index (χ1) is 6.63. The van der Waals surface area contributed by atoms with Gasteiger partial charge in [-0.15, -0.1) is 11.3 Å². The third-order valence-electron chi connectivity index (χ3n) is 1.79. The predicted octanol–water partition coefficient (Wildman–Crippen LogP) is 1.52. The molecule has 1 rings (SSSR count). The van der Waals surface area contributed by atoms with E-state index in [0.29, 0.717) is 11.6 Å². The molecular formula is C9H15N3OS. The molecule has 1 heterocycles. The normalized spacial score (nSPS) is 12.5. The SMILES string of the molecule is CCC[C@H](N)C(=O)Nc1nc(C)cs1. The van der Waals surface area contributed by atoms with Gasteiger partial charge in [-0.2, -0.15) is 0 Å². The van der Waals surface area contributed by atoms with Crippen LogP contribution in [0.2, 0.25) is 0 Å². The quantitative estimate of drug-likeness (QED) is 0.796. The third kappa shape index (κ3) is 3.08. The van der Waals surface area contributed by atoms with Gasteiger partial charge in [-0.1, -0.05) is 13.3 Å². The number of nitrogens with two attached hydrogens (primary N) is 1. The van der Waals surface area contributed by atoms with Crippen molar-refractivity contribution in [1.29, 1.82) is 0 Å². The Morgan fingerprint density at radius 2 is 2.50 bits per heavy atom. The van der Waals surface area contributed by atoms with Crippen LogP contribution in [0.5, 0.6) is 0 Å². The second-order valence-corrected chi connectivity index (χ2v) is 4.04. The van der Waals surface area contributed by atoms with Crippen LogP contribution < -0.4 is 11.1 Å². The molecule has 1 amide bonds. The minimum Gasteiger partial charge on any atom is -0.320 e. The lowest BCUT2D eigenvalue weighted by Crippen LogP contribution is -2.35. The number of amides is 1. The summed E-state index contributed by atoms with van der Waals surface area (Å²) in [5.41, 5.74) is 6.56. The Kier molecular flexibility index (Phi) is 4.03. The Labute approximate surface area is 87.5 Å². The molecular weight excluding hydrogens is 198 g/mol. The average molecular weight is 213 g/mol. The van der Waals surface area contributed by atoms with Crippen LogP contribution >= 0.6 is 11.3 Å². The van der Waals surface area contributed by atoms with Crippen molar-refractivity contribution in [3.63, 3.8) is 0 Å². The standard InChI is InChI=1S/C9H15N3OS/c1-3-4-7(10)8(13)12-9-11-6(2)5-14-9/h5,7H,3-4,10H2,1-2H3,(H,11,12,13)/t7-/m0/s1. The number of anilines is 1. The lowest BCUT2D eigenvalue weighted by atomic mass is 10.2. The molecule has 1 aromatic rings.